The van der Waals surface area contributed by atoms with Gasteiger partial charge < -0.3 is 24.4 Å². The van der Waals surface area contributed by atoms with Gasteiger partial charge >= 0.3 is 0 Å². The van der Waals surface area contributed by atoms with Gasteiger partial charge in [-0.3, -0.25) is 0 Å². The molecule has 0 unspecified atom stereocenters. The molecule has 0 amide bonds. The molecule has 0 saturated carbocycles. The predicted octanol–water partition coefficient (Wildman–Crippen LogP) is 3.74. The summed E-state index contributed by atoms with van der Waals surface area (Å²) in [6.45, 7) is 2.94. The molecular weight excluding hydrogens is 347 g/mol. The molecule has 0 radical (unpaired) electrons. The number of benzene rings is 2. The minimum absolute atomic E-state index is 0.175. The summed E-state index contributed by atoms with van der Waals surface area (Å²) in [7, 11) is 4.77. The number of ether oxygens (including phenoxy) is 3. The van der Waals surface area contributed by atoms with Crippen LogP contribution in [0, 0.1) is 5.82 Å². The molecular formula is C21H27FN2O3. The summed E-state index contributed by atoms with van der Waals surface area (Å²) >= 11 is 0. The topological polar surface area (TPSA) is 43.0 Å². The Morgan fingerprint density at radius 2 is 1.67 bits per heavy atom. The Kier molecular flexibility index (Phi) is 6.40. The number of halogens is 1. The van der Waals surface area contributed by atoms with Crippen LogP contribution in [0.25, 0.3) is 0 Å². The van der Waals surface area contributed by atoms with E-state index in [1.54, 1.807) is 27.4 Å². The minimum atomic E-state index is -0.175. The fourth-order valence-corrected chi connectivity index (χ4v) is 3.60. The van der Waals surface area contributed by atoms with Crippen LogP contribution in [0.4, 0.5) is 10.1 Å². The highest BCUT2D eigenvalue weighted by atomic mass is 19.1. The second-order valence-electron chi connectivity index (χ2n) is 6.53. The minimum Gasteiger partial charge on any atom is -0.493 e. The first-order valence-corrected chi connectivity index (χ1v) is 9.20. The second-order valence-corrected chi connectivity index (χ2v) is 6.53. The molecule has 0 aromatic heterocycles. The van der Waals surface area contributed by atoms with Crippen molar-refractivity contribution in [1.29, 1.82) is 0 Å². The van der Waals surface area contributed by atoms with E-state index >= 15 is 0 Å². The predicted molar refractivity (Wildman–Crippen MR) is 104 cm³/mol. The Hall–Kier alpha value is -2.47. The smallest absolute Gasteiger partial charge is 0.203 e. The van der Waals surface area contributed by atoms with Crippen molar-refractivity contribution in [2.75, 3.05) is 39.3 Å². The van der Waals surface area contributed by atoms with Crippen LogP contribution in [0.3, 0.4) is 0 Å². The zero-order chi connectivity index (χ0) is 19.2. The van der Waals surface area contributed by atoms with Crippen LogP contribution in [-0.2, 0) is 13.1 Å². The molecule has 1 fully saturated rings. The Labute approximate surface area is 160 Å². The number of nitrogens with zero attached hydrogens (tertiary/aromatic N) is 1. The van der Waals surface area contributed by atoms with Crippen LogP contribution in [0.2, 0.25) is 0 Å². The first-order chi connectivity index (χ1) is 13.2. The molecule has 2 aromatic carbocycles. The van der Waals surface area contributed by atoms with Gasteiger partial charge in [-0.2, -0.15) is 0 Å². The summed E-state index contributed by atoms with van der Waals surface area (Å²) in [6.07, 6.45) is 2.32. The molecule has 3 rings (SSSR count). The Morgan fingerprint density at radius 1 is 0.926 bits per heavy atom. The van der Waals surface area contributed by atoms with E-state index in [2.05, 4.69) is 10.2 Å². The van der Waals surface area contributed by atoms with Crippen molar-refractivity contribution in [1.82, 2.24) is 5.32 Å². The summed E-state index contributed by atoms with van der Waals surface area (Å²) in [5, 5.41) is 3.34. The molecule has 146 valence electrons. The van der Waals surface area contributed by atoms with Crippen LogP contribution in [0.5, 0.6) is 17.2 Å². The quantitative estimate of drug-likeness (QED) is 0.762. The number of hydrogen-bond donors (Lipinski definition) is 1. The van der Waals surface area contributed by atoms with E-state index in [1.807, 2.05) is 18.2 Å². The van der Waals surface area contributed by atoms with Gasteiger partial charge in [0.25, 0.3) is 0 Å². The van der Waals surface area contributed by atoms with Gasteiger partial charge in [-0.05, 0) is 31.0 Å². The average molecular weight is 374 g/mol. The Balaban J connectivity index is 1.76. The molecule has 1 aliphatic heterocycles. The van der Waals surface area contributed by atoms with Crippen molar-refractivity contribution in [2.24, 2.45) is 0 Å². The van der Waals surface area contributed by atoms with Crippen molar-refractivity contribution in [3.63, 3.8) is 0 Å². The molecule has 0 spiro atoms. The van der Waals surface area contributed by atoms with Crippen molar-refractivity contribution < 1.29 is 18.6 Å². The molecule has 2 aromatic rings. The van der Waals surface area contributed by atoms with E-state index in [4.69, 9.17) is 14.2 Å². The van der Waals surface area contributed by atoms with Crippen LogP contribution in [-0.4, -0.2) is 34.4 Å². The molecule has 0 bridgehead atoms. The molecule has 0 aliphatic carbocycles. The Bertz CT molecular complexity index is 776. The normalized spacial score (nSPS) is 13.7. The third-order valence-corrected chi connectivity index (χ3v) is 4.94. The van der Waals surface area contributed by atoms with Gasteiger partial charge in [-0.25, -0.2) is 4.39 Å². The van der Waals surface area contributed by atoms with E-state index in [1.165, 1.54) is 6.07 Å². The van der Waals surface area contributed by atoms with E-state index < -0.39 is 0 Å². The first-order valence-electron chi connectivity index (χ1n) is 9.20. The van der Waals surface area contributed by atoms with Crippen LogP contribution in [0.1, 0.15) is 24.0 Å². The summed E-state index contributed by atoms with van der Waals surface area (Å²) in [6, 6.07) is 9.08. The zero-order valence-corrected chi connectivity index (χ0v) is 16.2. The summed E-state index contributed by atoms with van der Waals surface area (Å²) in [4.78, 5) is 2.26. The maximum Gasteiger partial charge on any atom is 0.203 e. The monoisotopic (exact) mass is 374 g/mol. The molecule has 0 atom stereocenters. The fraction of sp³-hybridized carbons (Fsp3) is 0.429. The van der Waals surface area contributed by atoms with Crippen molar-refractivity contribution >= 4 is 5.69 Å². The van der Waals surface area contributed by atoms with Crippen LogP contribution < -0.4 is 24.4 Å². The van der Waals surface area contributed by atoms with Gasteiger partial charge in [0.05, 0.1) is 21.3 Å². The highest BCUT2D eigenvalue weighted by molar-refractivity contribution is 5.56. The third-order valence-electron chi connectivity index (χ3n) is 4.94. The molecule has 6 heteroatoms. The van der Waals surface area contributed by atoms with E-state index in [-0.39, 0.29) is 5.82 Å². The van der Waals surface area contributed by atoms with E-state index in [0.29, 0.717) is 35.9 Å². The van der Waals surface area contributed by atoms with Crippen molar-refractivity contribution in [3.8, 4) is 17.2 Å². The maximum atomic E-state index is 14.5. The molecule has 5 nitrogen and oxygen atoms in total. The number of hydrogen-bond acceptors (Lipinski definition) is 5. The summed E-state index contributed by atoms with van der Waals surface area (Å²) in [5.41, 5.74) is 2.62. The van der Waals surface area contributed by atoms with Gasteiger partial charge in [0.15, 0.2) is 11.5 Å². The van der Waals surface area contributed by atoms with Crippen molar-refractivity contribution in [3.05, 3.63) is 47.3 Å². The highest BCUT2D eigenvalue weighted by Gasteiger charge is 2.19. The zero-order valence-electron chi connectivity index (χ0n) is 16.2. The lowest BCUT2D eigenvalue weighted by Crippen LogP contribution is -2.22. The lowest BCUT2D eigenvalue weighted by molar-refractivity contribution is 0.321. The molecule has 1 heterocycles. The number of rotatable bonds is 8. The van der Waals surface area contributed by atoms with Gasteiger partial charge in [-0.1, -0.05) is 12.1 Å². The van der Waals surface area contributed by atoms with Gasteiger partial charge in [0, 0.05) is 43.0 Å². The average Bonchev–Trinajstić information content (AvgIpc) is 3.23. The first kappa shape index (κ1) is 19.3. The summed E-state index contributed by atoms with van der Waals surface area (Å²) in [5.74, 6) is 1.62. The van der Waals surface area contributed by atoms with Crippen LogP contribution >= 0.6 is 0 Å². The number of nitrogens with one attached hydrogen (secondary N) is 1. The lowest BCUT2D eigenvalue weighted by atomic mass is 10.1. The Morgan fingerprint density at radius 3 is 2.33 bits per heavy atom. The number of methoxy groups -OCH3 is 3. The number of anilines is 1. The third kappa shape index (κ3) is 4.11. The maximum absolute atomic E-state index is 14.5. The molecule has 1 saturated heterocycles. The van der Waals surface area contributed by atoms with E-state index in [9.17, 15) is 4.39 Å². The standard InChI is InChI=1S/C21H27FN2O3/c1-25-19-10-9-15(20(26-2)21(19)27-3)13-23-14-16-17(22)7-6-8-18(16)24-11-4-5-12-24/h6-10,23H,4-5,11-14H2,1-3H3. The van der Waals surface area contributed by atoms with Crippen molar-refractivity contribution in [2.45, 2.75) is 25.9 Å². The SMILES string of the molecule is COc1ccc(CNCc2c(F)cccc2N2CCCC2)c(OC)c1OC. The summed E-state index contributed by atoms with van der Waals surface area (Å²) < 4.78 is 30.7. The fourth-order valence-electron chi connectivity index (χ4n) is 3.60. The highest BCUT2D eigenvalue weighted by Crippen LogP contribution is 2.39. The molecule has 27 heavy (non-hydrogen) atoms. The molecule has 1 aliphatic rings. The largest absolute Gasteiger partial charge is 0.493 e. The van der Waals surface area contributed by atoms with Crippen LogP contribution in [0.15, 0.2) is 30.3 Å². The lowest BCUT2D eigenvalue weighted by Gasteiger charge is -2.22. The second kappa shape index (κ2) is 8.95. The van der Waals surface area contributed by atoms with Gasteiger partial charge in [0.2, 0.25) is 5.75 Å². The molecule has 1 N–H and O–H groups in total. The van der Waals surface area contributed by atoms with E-state index in [0.717, 1.165) is 37.2 Å². The van der Waals surface area contributed by atoms with Gasteiger partial charge in [-0.15, -0.1) is 0 Å². The van der Waals surface area contributed by atoms with Gasteiger partial charge in [0.1, 0.15) is 5.82 Å².